The molecule has 1 spiro atoms. The molecule has 1 saturated carbocycles. The normalized spacial score (nSPS) is 20.8. The molecule has 6 heteroatoms. The zero-order valence-corrected chi connectivity index (χ0v) is 12.1. The number of rotatable bonds is 1. The number of anilines is 2. The topological polar surface area (TPSA) is 49.3 Å². The minimum atomic E-state index is -0.230. The Hall–Kier alpha value is -1.36. The second kappa shape index (κ2) is 4.07. The van der Waals surface area contributed by atoms with E-state index in [4.69, 9.17) is 11.6 Å². The first-order valence-electron chi connectivity index (χ1n) is 6.52. The molecule has 0 atom stereocenters. The van der Waals surface area contributed by atoms with Gasteiger partial charge in [-0.05, 0) is 38.3 Å². The van der Waals surface area contributed by atoms with E-state index in [1.807, 2.05) is 0 Å². The third-order valence-electron chi connectivity index (χ3n) is 4.06. The molecule has 102 valence electrons. The Morgan fingerprint density at radius 1 is 1.42 bits per heavy atom. The van der Waals surface area contributed by atoms with Gasteiger partial charge in [0.15, 0.2) is 5.82 Å². The Labute approximate surface area is 117 Å². The molecule has 1 fully saturated rings. The molecule has 0 N–H and O–H groups in total. The molecule has 0 bridgehead atoms. The van der Waals surface area contributed by atoms with Crippen LogP contribution in [0.2, 0.25) is 5.28 Å². The summed E-state index contributed by atoms with van der Waals surface area (Å²) in [5.74, 6) is 0.928. The fraction of sp³-hybridized carbons (Fsp3) is 0.615. The van der Waals surface area contributed by atoms with Crippen LogP contribution in [-0.2, 0) is 4.79 Å². The largest absolute Gasteiger partial charge is 0.351 e. The summed E-state index contributed by atoms with van der Waals surface area (Å²) in [6.45, 7) is 4.92. The quantitative estimate of drug-likeness (QED) is 0.739. The fourth-order valence-corrected chi connectivity index (χ4v) is 2.81. The smallest absolute Gasteiger partial charge is 0.234 e. The minimum Gasteiger partial charge on any atom is -0.351 e. The molecule has 1 aromatic heterocycles. The van der Waals surface area contributed by atoms with Gasteiger partial charge < -0.3 is 9.80 Å². The summed E-state index contributed by atoms with van der Waals surface area (Å²) in [6, 6.07) is 0.265. The Bertz CT molecular complexity index is 541. The minimum absolute atomic E-state index is 0.169. The van der Waals surface area contributed by atoms with E-state index in [1.54, 1.807) is 18.1 Å². The first-order valence-corrected chi connectivity index (χ1v) is 6.90. The second-order valence-corrected chi connectivity index (χ2v) is 6.05. The zero-order valence-electron chi connectivity index (χ0n) is 11.4. The van der Waals surface area contributed by atoms with Crippen molar-refractivity contribution in [2.75, 3.05) is 23.4 Å². The van der Waals surface area contributed by atoms with Crippen molar-refractivity contribution in [3.05, 3.63) is 11.5 Å². The maximum atomic E-state index is 12.6. The van der Waals surface area contributed by atoms with Crippen LogP contribution in [0, 0.1) is 5.41 Å². The maximum Gasteiger partial charge on any atom is 0.234 e. The van der Waals surface area contributed by atoms with Gasteiger partial charge in [-0.1, -0.05) is 0 Å². The summed E-state index contributed by atoms with van der Waals surface area (Å²) in [5.41, 5.74) is 0.513. The van der Waals surface area contributed by atoms with E-state index in [1.165, 1.54) is 0 Å². The Kier molecular flexibility index (Phi) is 2.71. The average molecular weight is 281 g/mol. The van der Waals surface area contributed by atoms with Gasteiger partial charge in [-0.2, -0.15) is 4.98 Å². The molecule has 1 aliphatic heterocycles. The highest BCUT2D eigenvalue weighted by atomic mass is 35.5. The van der Waals surface area contributed by atoms with Gasteiger partial charge in [0.2, 0.25) is 11.2 Å². The van der Waals surface area contributed by atoms with Crippen molar-refractivity contribution in [3.63, 3.8) is 0 Å². The third-order valence-corrected chi connectivity index (χ3v) is 4.24. The zero-order chi connectivity index (χ0) is 13.8. The molecule has 2 aliphatic rings. The molecule has 2 heterocycles. The van der Waals surface area contributed by atoms with Gasteiger partial charge in [-0.3, -0.25) is 4.79 Å². The molecule has 0 aromatic carbocycles. The van der Waals surface area contributed by atoms with Crippen LogP contribution in [-0.4, -0.2) is 35.5 Å². The first-order chi connectivity index (χ1) is 8.94. The van der Waals surface area contributed by atoms with Crippen LogP contribution < -0.4 is 9.80 Å². The third kappa shape index (κ3) is 1.87. The maximum absolute atomic E-state index is 12.6. The van der Waals surface area contributed by atoms with E-state index >= 15 is 0 Å². The lowest BCUT2D eigenvalue weighted by atomic mass is 10.1. The summed E-state index contributed by atoms with van der Waals surface area (Å²) < 4.78 is 0. The van der Waals surface area contributed by atoms with Gasteiger partial charge in [-0.15, -0.1) is 0 Å². The Morgan fingerprint density at radius 3 is 2.68 bits per heavy atom. The van der Waals surface area contributed by atoms with Crippen molar-refractivity contribution in [2.24, 2.45) is 5.41 Å². The van der Waals surface area contributed by atoms with Crippen LogP contribution in [0.3, 0.4) is 0 Å². The second-order valence-electron chi connectivity index (χ2n) is 5.71. The molecule has 0 unspecified atom stereocenters. The van der Waals surface area contributed by atoms with E-state index < -0.39 is 0 Å². The Balaban J connectivity index is 2.15. The van der Waals surface area contributed by atoms with Crippen molar-refractivity contribution in [1.82, 2.24) is 9.97 Å². The van der Waals surface area contributed by atoms with Gasteiger partial charge in [0.05, 0.1) is 11.6 Å². The van der Waals surface area contributed by atoms with Crippen LogP contribution in [0.1, 0.15) is 26.7 Å². The molecule has 5 nitrogen and oxygen atoms in total. The number of fused-ring (bicyclic) bond motifs is 1. The number of amides is 1. The van der Waals surface area contributed by atoms with Gasteiger partial charge in [-0.25, -0.2) is 4.98 Å². The molecular weight excluding hydrogens is 264 g/mol. The fourth-order valence-electron chi connectivity index (χ4n) is 2.68. The van der Waals surface area contributed by atoms with Crippen molar-refractivity contribution < 1.29 is 4.79 Å². The lowest BCUT2D eigenvalue weighted by Gasteiger charge is -2.29. The molecule has 3 rings (SSSR count). The van der Waals surface area contributed by atoms with Gasteiger partial charge in [0.25, 0.3) is 0 Å². The number of halogens is 1. The van der Waals surface area contributed by atoms with E-state index in [0.29, 0.717) is 6.54 Å². The number of hydrogen-bond donors (Lipinski definition) is 0. The van der Waals surface area contributed by atoms with Gasteiger partial charge in [0, 0.05) is 19.6 Å². The predicted octanol–water partition coefficient (Wildman–Crippen LogP) is 2.10. The van der Waals surface area contributed by atoms with Crippen LogP contribution >= 0.6 is 11.6 Å². The molecule has 0 radical (unpaired) electrons. The average Bonchev–Trinajstić information content (AvgIpc) is 3.15. The van der Waals surface area contributed by atoms with Crippen LogP contribution in [0.15, 0.2) is 6.20 Å². The van der Waals surface area contributed by atoms with Crippen molar-refractivity contribution in [1.29, 1.82) is 0 Å². The first kappa shape index (κ1) is 12.7. The number of carbonyl (C=O) groups is 1. The van der Waals surface area contributed by atoms with Crippen molar-refractivity contribution >= 4 is 29.0 Å². The van der Waals surface area contributed by atoms with Crippen LogP contribution in [0.5, 0.6) is 0 Å². The monoisotopic (exact) mass is 280 g/mol. The van der Waals surface area contributed by atoms with E-state index in [-0.39, 0.29) is 22.6 Å². The van der Waals surface area contributed by atoms with E-state index in [0.717, 1.165) is 24.3 Å². The summed E-state index contributed by atoms with van der Waals surface area (Å²) in [5, 5.41) is 0.219. The van der Waals surface area contributed by atoms with E-state index in [2.05, 4.69) is 28.7 Å². The molecule has 19 heavy (non-hydrogen) atoms. The molecule has 1 amide bonds. The van der Waals surface area contributed by atoms with Crippen molar-refractivity contribution in [2.45, 2.75) is 32.7 Å². The molecule has 1 aromatic rings. The number of carbonyl (C=O) groups excluding carboxylic acids is 1. The summed E-state index contributed by atoms with van der Waals surface area (Å²) >= 11 is 5.92. The number of aromatic nitrogens is 2. The summed E-state index contributed by atoms with van der Waals surface area (Å²) in [7, 11) is 1.79. The molecule has 0 saturated heterocycles. The highest BCUT2D eigenvalue weighted by molar-refractivity contribution is 6.28. The lowest BCUT2D eigenvalue weighted by Crippen LogP contribution is -2.40. The predicted molar refractivity (Wildman–Crippen MR) is 74.6 cm³/mol. The number of hydrogen-bond acceptors (Lipinski definition) is 4. The SMILES string of the molecule is CC(C)N1CC2(CC2)C(=O)N(C)c2cnc(Cl)nc21. The highest BCUT2D eigenvalue weighted by Crippen LogP contribution is 2.51. The van der Waals surface area contributed by atoms with Crippen molar-refractivity contribution in [3.8, 4) is 0 Å². The van der Waals surface area contributed by atoms with Crippen LogP contribution in [0.4, 0.5) is 11.5 Å². The van der Waals surface area contributed by atoms with E-state index in [9.17, 15) is 4.79 Å². The van der Waals surface area contributed by atoms with Gasteiger partial charge >= 0.3 is 0 Å². The molecular formula is C13H17ClN4O. The summed E-state index contributed by atoms with van der Waals surface area (Å²) in [4.78, 5) is 24.8. The Morgan fingerprint density at radius 2 is 2.11 bits per heavy atom. The van der Waals surface area contributed by atoms with Crippen LogP contribution in [0.25, 0.3) is 0 Å². The molecule has 1 aliphatic carbocycles. The lowest BCUT2D eigenvalue weighted by molar-refractivity contribution is -0.122. The summed E-state index contributed by atoms with van der Waals surface area (Å²) in [6.07, 6.45) is 3.54. The standard InChI is InChI=1S/C13H17ClN4O/c1-8(2)18-7-13(4-5-13)11(19)17(3)9-6-15-12(14)16-10(9)18/h6,8H,4-5,7H2,1-3H3. The number of nitrogens with zero attached hydrogens (tertiary/aromatic N) is 4. The van der Waals surface area contributed by atoms with Gasteiger partial charge in [0.1, 0.15) is 5.69 Å². The highest BCUT2D eigenvalue weighted by Gasteiger charge is 2.54.